The molecule has 1 aliphatic rings. The highest BCUT2D eigenvalue weighted by Crippen LogP contribution is 2.30. The number of nitrogens with zero attached hydrogens (tertiary/aromatic N) is 2. The van der Waals surface area contributed by atoms with Gasteiger partial charge in [0.25, 0.3) is 0 Å². The number of methoxy groups -OCH3 is 2. The minimum absolute atomic E-state index is 0.0723. The first kappa shape index (κ1) is 30.6. The Bertz CT molecular complexity index is 1250. The van der Waals surface area contributed by atoms with Gasteiger partial charge in [-0.25, -0.2) is 8.42 Å². The Balaban J connectivity index is 1.94. The van der Waals surface area contributed by atoms with E-state index < -0.39 is 28.5 Å². The lowest BCUT2D eigenvalue weighted by Crippen LogP contribution is -2.53. The minimum Gasteiger partial charge on any atom is -0.497 e. The molecule has 0 saturated heterocycles. The molecule has 2 amide bonds. The van der Waals surface area contributed by atoms with Gasteiger partial charge in [-0.1, -0.05) is 49.9 Å². The number of nitrogens with one attached hydrogen (secondary N) is 1. The standard InChI is InChI=1S/C28H38ClN3O6S/c1-5-25(28(34)30-21-11-7-6-8-12-21)31(18-20-10-9-13-23(16-20)37-2)27(33)19-32(39(4,35)36)22-14-15-26(38-3)24(29)17-22/h9-10,13-17,21,25H,5-8,11-12,18-19H2,1-4H3,(H,30,34)/t25-/m0/s1. The number of anilines is 1. The molecule has 214 valence electrons. The van der Waals surface area contributed by atoms with Crippen molar-refractivity contribution in [3.8, 4) is 11.5 Å². The fourth-order valence-electron chi connectivity index (χ4n) is 4.86. The smallest absolute Gasteiger partial charge is 0.244 e. The van der Waals surface area contributed by atoms with Gasteiger partial charge in [0.2, 0.25) is 21.8 Å². The van der Waals surface area contributed by atoms with Crippen LogP contribution in [-0.2, 0) is 26.2 Å². The van der Waals surface area contributed by atoms with Crippen molar-refractivity contribution in [2.45, 2.75) is 64.1 Å². The maximum Gasteiger partial charge on any atom is 0.244 e. The number of hydrogen-bond acceptors (Lipinski definition) is 6. The first-order valence-electron chi connectivity index (χ1n) is 13.1. The van der Waals surface area contributed by atoms with E-state index in [-0.39, 0.29) is 29.2 Å². The minimum atomic E-state index is -3.88. The van der Waals surface area contributed by atoms with Crippen molar-refractivity contribution in [1.29, 1.82) is 0 Å². The molecule has 1 N–H and O–H groups in total. The summed E-state index contributed by atoms with van der Waals surface area (Å²) in [4.78, 5) is 28.8. The molecule has 11 heteroatoms. The van der Waals surface area contributed by atoms with Crippen LogP contribution in [0, 0.1) is 0 Å². The fourth-order valence-corrected chi connectivity index (χ4v) is 5.95. The van der Waals surface area contributed by atoms with Crippen molar-refractivity contribution in [3.63, 3.8) is 0 Å². The van der Waals surface area contributed by atoms with Crippen LogP contribution in [0.4, 0.5) is 5.69 Å². The Labute approximate surface area is 236 Å². The van der Waals surface area contributed by atoms with Crippen molar-refractivity contribution in [2.75, 3.05) is 31.3 Å². The van der Waals surface area contributed by atoms with Crippen molar-refractivity contribution in [2.24, 2.45) is 0 Å². The SMILES string of the molecule is CC[C@@H](C(=O)NC1CCCCC1)N(Cc1cccc(OC)c1)C(=O)CN(c1ccc(OC)c(Cl)c1)S(C)(=O)=O. The van der Waals surface area contributed by atoms with E-state index in [1.54, 1.807) is 25.3 Å². The van der Waals surface area contributed by atoms with Crippen LogP contribution in [-0.4, -0.2) is 64.2 Å². The molecule has 9 nitrogen and oxygen atoms in total. The van der Waals surface area contributed by atoms with Crippen molar-refractivity contribution in [1.82, 2.24) is 10.2 Å². The molecule has 0 aliphatic heterocycles. The second-order valence-electron chi connectivity index (χ2n) is 9.73. The Morgan fingerprint density at radius 3 is 2.38 bits per heavy atom. The van der Waals surface area contributed by atoms with Gasteiger partial charge in [-0.3, -0.25) is 13.9 Å². The molecule has 1 atom stereocenters. The largest absolute Gasteiger partial charge is 0.497 e. The van der Waals surface area contributed by atoms with Gasteiger partial charge in [0.05, 0.1) is 31.2 Å². The van der Waals surface area contributed by atoms with Crippen LogP contribution >= 0.6 is 11.6 Å². The Morgan fingerprint density at radius 2 is 1.79 bits per heavy atom. The van der Waals surface area contributed by atoms with E-state index in [0.29, 0.717) is 17.9 Å². The Hall–Kier alpha value is -2.98. The van der Waals surface area contributed by atoms with Gasteiger partial charge in [-0.2, -0.15) is 0 Å². The normalized spacial score (nSPS) is 14.8. The second kappa shape index (κ2) is 13.9. The third-order valence-corrected chi connectivity index (χ3v) is 8.36. The molecule has 0 spiro atoms. The number of ether oxygens (including phenoxy) is 2. The van der Waals surface area contributed by atoms with Crippen molar-refractivity contribution >= 4 is 39.1 Å². The molecular weight excluding hydrogens is 542 g/mol. The van der Waals surface area contributed by atoms with Crippen LogP contribution in [0.25, 0.3) is 0 Å². The van der Waals surface area contributed by atoms with E-state index in [0.717, 1.165) is 48.2 Å². The van der Waals surface area contributed by atoms with E-state index >= 15 is 0 Å². The van der Waals surface area contributed by atoms with Gasteiger partial charge in [0.15, 0.2) is 0 Å². The highest BCUT2D eigenvalue weighted by Gasteiger charge is 2.33. The van der Waals surface area contributed by atoms with Crippen LogP contribution in [0.15, 0.2) is 42.5 Å². The van der Waals surface area contributed by atoms with Crippen LogP contribution in [0.1, 0.15) is 51.0 Å². The number of sulfonamides is 1. The molecule has 0 unspecified atom stereocenters. The van der Waals surface area contributed by atoms with Gasteiger partial charge in [-0.15, -0.1) is 0 Å². The van der Waals surface area contributed by atoms with Crippen molar-refractivity contribution in [3.05, 3.63) is 53.1 Å². The molecule has 2 aromatic carbocycles. The zero-order chi connectivity index (χ0) is 28.6. The fraction of sp³-hybridized carbons (Fsp3) is 0.500. The van der Waals surface area contributed by atoms with Crippen molar-refractivity contribution < 1.29 is 27.5 Å². The highest BCUT2D eigenvalue weighted by atomic mass is 35.5. The Kier molecular flexibility index (Phi) is 10.9. The second-order valence-corrected chi connectivity index (χ2v) is 12.0. The summed E-state index contributed by atoms with van der Waals surface area (Å²) >= 11 is 6.26. The lowest BCUT2D eigenvalue weighted by atomic mass is 9.95. The molecule has 1 saturated carbocycles. The van der Waals surface area contributed by atoms with Crippen LogP contribution in [0.2, 0.25) is 5.02 Å². The summed E-state index contributed by atoms with van der Waals surface area (Å²) in [7, 11) is -0.865. The molecule has 1 aliphatic carbocycles. The molecule has 2 aromatic rings. The molecule has 1 fully saturated rings. The molecule has 39 heavy (non-hydrogen) atoms. The van der Waals surface area contributed by atoms with E-state index in [1.807, 2.05) is 19.1 Å². The predicted molar refractivity (Wildman–Crippen MR) is 153 cm³/mol. The predicted octanol–water partition coefficient (Wildman–Crippen LogP) is 4.38. The average molecular weight is 580 g/mol. The average Bonchev–Trinajstić information content (AvgIpc) is 2.91. The molecule has 0 radical (unpaired) electrons. The molecule has 0 bridgehead atoms. The van der Waals surface area contributed by atoms with E-state index in [4.69, 9.17) is 21.1 Å². The number of hydrogen-bond donors (Lipinski definition) is 1. The van der Waals surface area contributed by atoms with E-state index in [2.05, 4.69) is 5.32 Å². The molecule has 0 aromatic heterocycles. The third-order valence-electron chi connectivity index (χ3n) is 6.93. The van der Waals surface area contributed by atoms with E-state index in [1.165, 1.54) is 24.1 Å². The van der Waals surface area contributed by atoms with Gasteiger partial charge >= 0.3 is 0 Å². The number of amides is 2. The van der Waals surface area contributed by atoms with Gasteiger partial charge in [-0.05, 0) is 55.2 Å². The first-order valence-corrected chi connectivity index (χ1v) is 15.3. The summed E-state index contributed by atoms with van der Waals surface area (Å²) in [5.74, 6) is 0.246. The zero-order valence-corrected chi connectivity index (χ0v) is 24.6. The monoisotopic (exact) mass is 579 g/mol. The molecular formula is C28H38ClN3O6S. The quantitative estimate of drug-likeness (QED) is 0.400. The summed E-state index contributed by atoms with van der Waals surface area (Å²) in [6.07, 6.45) is 6.47. The third kappa shape index (κ3) is 8.25. The van der Waals surface area contributed by atoms with E-state index in [9.17, 15) is 18.0 Å². The van der Waals surface area contributed by atoms with Crippen LogP contribution in [0.3, 0.4) is 0 Å². The lowest BCUT2D eigenvalue weighted by molar-refractivity contribution is -0.140. The Morgan fingerprint density at radius 1 is 1.08 bits per heavy atom. The summed E-state index contributed by atoms with van der Waals surface area (Å²) in [6, 6.07) is 11.0. The number of rotatable bonds is 12. The number of carbonyl (C=O) groups is 2. The number of benzene rings is 2. The molecule has 0 heterocycles. The number of halogens is 1. The van der Waals surface area contributed by atoms with Gasteiger partial charge in [0, 0.05) is 12.6 Å². The van der Waals surface area contributed by atoms with Gasteiger partial charge in [0.1, 0.15) is 24.1 Å². The first-order chi connectivity index (χ1) is 18.6. The topological polar surface area (TPSA) is 105 Å². The maximum atomic E-state index is 13.9. The van der Waals surface area contributed by atoms with Crippen LogP contribution in [0.5, 0.6) is 11.5 Å². The van der Waals surface area contributed by atoms with Crippen LogP contribution < -0.4 is 19.1 Å². The summed E-state index contributed by atoms with van der Waals surface area (Å²) in [5.41, 5.74) is 0.975. The number of carbonyl (C=O) groups excluding carboxylic acids is 2. The maximum absolute atomic E-state index is 13.9. The lowest BCUT2D eigenvalue weighted by Gasteiger charge is -2.34. The van der Waals surface area contributed by atoms with Gasteiger partial charge < -0.3 is 19.7 Å². The summed E-state index contributed by atoms with van der Waals surface area (Å²) in [5, 5.41) is 3.34. The summed E-state index contributed by atoms with van der Waals surface area (Å²) < 4.78 is 37.1. The molecule has 3 rings (SSSR count). The highest BCUT2D eigenvalue weighted by molar-refractivity contribution is 7.92. The summed E-state index contributed by atoms with van der Waals surface area (Å²) in [6.45, 7) is 1.45. The zero-order valence-electron chi connectivity index (χ0n) is 23.0.